The number of methoxy groups -OCH3 is 1. The molecule has 2 aliphatic heterocycles. The molecule has 3 heterocycles. The van der Waals surface area contributed by atoms with Crippen molar-refractivity contribution in [2.24, 2.45) is 17.8 Å². The molecule has 0 unspecified atom stereocenters. The van der Waals surface area contributed by atoms with E-state index in [9.17, 15) is 40.8 Å². The number of benzene rings is 1. The van der Waals surface area contributed by atoms with E-state index in [1.165, 1.54) is 19.2 Å². The first-order chi connectivity index (χ1) is 28.7. The van der Waals surface area contributed by atoms with Crippen LogP contribution in [0.25, 0.3) is 10.8 Å². The Kier molecular flexibility index (Phi) is 10.8. The zero-order valence-corrected chi connectivity index (χ0v) is 34.1. The van der Waals surface area contributed by atoms with Gasteiger partial charge in [-0.3, -0.25) is 19.1 Å². The van der Waals surface area contributed by atoms with E-state index < -0.39 is 105 Å². The van der Waals surface area contributed by atoms with Crippen molar-refractivity contribution < 1.29 is 63.5 Å². The standard InChI is InChI=1S/C40H51F4N5O9S/c1-7-23-16-22(2)10-8-9-11-25-20-39(25,35(52)48-59(54,55)38(5)13-14-38)47-32(50)29-18-26(57-33-27-19-28(41)30(56-6)17-24(27)12-15-45-33)21-49(29)34(51)31(23)46-36(53)58-37(3,4)40(42,43)44/h9,11-12,15,17,19,22-23,25-26,29,31H,7-8,10,13-14,16,18,20-21H2,1-6H3,(H,46,53)(H,47,50)(H,48,52)/t22-,23-,25-,26-,29+,31+,39-/m1/s1/i6D3. The van der Waals surface area contributed by atoms with Crippen LogP contribution in [0.15, 0.2) is 36.5 Å². The van der Waals surface area contributed by atoms with Crippen LogP contribution in [0.2, 0.25) is 0 Å². The fraction of sp³-hybridized carbons (Fsp3) is 0.625. The quantitative estimate of drug-likeness (QED) is 0.217. The first-order valence-electron chi connectivity index (χ1n) is 21.1. The van der Waals surface area contributed by atoms with Gasteiger partial charge in [0.25, 0.3) is 5.91 Å². The molecule has 7 atom stereocenters. The third-order valence-corrected chi connectivity index (χ3v) is 14.2. The zero-order valence-electron chi connectivity index (χ0n) is 36.3. The molecule has 3 N–H and O–H groups in total. The van der Waals surface area contributed by atoms with Gasteiger partial charge in [0.2, 0.25) is 33.3 Å². The average molecular weight is 857 g/mol. The van der Waals surface area contributed by atoms with Gasteiger partial charge in [-0.15, -0.1) is 0 Å². The predicted octanol–water partition coefficient (Wildman–Crippen LogP) is 5.44. The molecule has 4 amide bonds. The number of rotatable bonds is 9. The first-order valence-corrected chi connectivity index (χ1v) is 21.0. The molecule has 324 valence electrons. The second kappa shape index (κ2) is 16.1. The number of alkyl halides is 3. The number of ether oxygens (including phenoxy) is 3. The van der Waals surface area contributed by atoms with Crippen LogP contribution in [-0.4, -0.2) is 96.0 Å². The molecule has 19 heteroatoms. The third-order valence-electron chi connectivity index (χ3n) is 12.1. The summed E-state index contributed by atoms with van der Waals surface area (Å²) in [6.07, 6.45) is -0.660. The smallest absolute Gasteiger partial charge is 0.427 e. The number of allylic oxidation sites excluding steroid dienone is 1. The maximum atomic E-state index is 15.2. The topological polar surface area (TPSA) is 182 Å². The van der Waals surface area contributed by atoms with Gasteiger partial charge in [0, 0.05) is 23.9 Å². The summed E-state index contributed by atoms with van der Waals surface area (Å²) in [5.41, 5.74) is -4.67. The van der Waals surface area contributed by atoms with Gasteiger partial charge in [-0.2, -0.15) is 13.2 Å². The van der Waals surface area contributed by atoms with E-state index in [4.69, 9.17) is 18.3 Å². The average Bonchev–Trinajstić information content (AvgIpc) is 4.04. The van der Waals surface area contributed by atoms with E-state index >= 15 is 4.39 Å². The van der Waals surface area contributed by atoms with Gasteiger partial charge >= 0.3 is 12.3 Å². The van der Waals surface area contributed by atoms with E-state index in [1.54, 1.807) is 13.0 Å². The Morgan fingerprint density at radius 3 is 2.56 bits per heavy atom. The highest BCUT2D eigenvalue weighted by molar-refractivity contribution is 7.91. The van der Waals surface area contributed by atoms with Gasteiger partial charge in [-0.1, -0.05) is 32.4 Å². The largest absolute Gasteiger partial charge is 0.494 e. The predicted molar refractivity (Wildman–Crippen MR) is 206 cm³/mol. The summed E-state index contributed by atoms with van der Waals surface area (Å²) < 4.78 is 122. The van der Waals surface area contributed by atoms with Gasteiger partial charge in [0.15, 0.2) is 11.6 Å². The van der Waals surface area contributed by atoms with Crippen molar-refractivity contribution in [3.05, 3.63) is 42.4 Å². The molecule has 0 radical (unpaired) electrons. The first kappa shape index (κ1) is 39.8. The second-order valence-corrected chi connectivity index (χ2v) is 19.1. The summed E-state index contributed by atoms with van der Waals surface area (Å²) in [6, 6.07) is 0.547. The minimum atomic E-state index is -4.97. The van der Waals surface area contributed by atoms with E-state index in [1.807, 2.05) is 13.0 Å². The molecule has 3 fully saturated rings. The number of hydrogen-bond donors (Lipinski definition) is 3. The maximum absolute atomic E-state index is 15.2. The summed E-state index contributed by atoms with van der Waals surface area (Å²) in [5.74, 6) is -5.89. The Balaban J connectivity index is 1.38. The summed E-state index contributed by atoms with van der Waals surface area (Å²) in [7, 11) is -7.10. The summed E-state index contributed by atoms with van der Waals surface area (Å²) in [4.78, 5) is 62.0. The normalized spacial score (nSPS) is 29.6. The molecule has 1 aromatic carbocycles. The maximum Gasteiger partial charge on any atom is 0.427 e. The molecule has 0 spiro atoms. The van der Waals surface area contributed by atoms with Gasteiger partial charge in [-0.25, -0.2) is 22.6 Å². The van der Waals surface area contributed by atoms with Crippen LogP contribution in [-0.2, 0) is 29.1 Å². The number of nitrogens with one attached hydrogen (secondary N) is 3. The number of carbonyl (C=O) groups excluding carboxylic acids is 4. The number of hydrogen-bond acceptors (Lipinski definition) is 10. The number of alkyl carbamates (subject to hydrolysis) is 1. The zero-order chi connectivity index (χ0) is 45.8. The molecule has 2 saturated carbocycles. The van der Waals surface area contributed by atoms with Crippen molar-refractivity contribution in [3.8, 4) is 11.6 Å². The Morgan fingerprint density at radius 1 is 1.17 bits per heavy atom. The van der Waals surface area contributed by atoms with Crippen LogP contribution in [0, 0.1) is 23.6 Å². The van der Waals surface area contributed by atoms with Gasteiger partial charge < -0.3 is 29.7 Å². The number of fused-ring (bicyclic) bond motifs is 3. The Hall–Kier alpha value is -4.68. The number of amides is 4. The highest BCUT2D eigenvalue weighted by Crippen LogP contribution is 2.48. The summed E-state index contributed by atoms with van der Waals surface area (Å²) in [6.45, 7) is 6.08. The van der Waals surface area contributed by atoms with Crippen molar-refractivity contribution in [2.45, 2.75) is 126 Å². The fourth-order valence-electron chi connectivity index (χ4n) is 7.74. The lowest BCUT2D eigenvalue weighted by Crippen LogP contribution is -2.60. The van der Waals surface area contributed by atoms with Crippen molar-refractivity contribution in [1.29, 1.82) is 0 Å². The Labute approximate surface area is 344 Å². The van der Waals surface area contributed by atoms with E-state index in [-0.39, 0.29) is 48.4 Å². The molecule has 1 aromatic heterocycles. The van der Waals surface area contributed by atoms with Crippen LogP contribution in [0.1, 0.15) is 90.1 Å². The number of pyridine rings is 1. The van der Waals surface area contributed by atoms with Gasteiger partial charge in [0.1, 0.15) is 23.7 Å². The summed E-state index contributed by atoms with van der Waals surface area (Å²) in [5, 5.41) is 5.43. The lowest BCUT2D eigenvalue weighted by molar-refractivity contribution is -0.244. The van der Waals surface area contributed by atoms with E-state index in [0.717, 1.165) is 17.0 Å². The molecule has 2 aromatic rings. The molecular weight excluding hydrogens is 803 g/mol. The van der Waals surface area contributed by atoms with Gasteiger partial charge in [-0.05, 0) is 94.7 Å². The Bertz CT molecular complexity index is 2240. The Morgan fingerprint density at radius 2 is 1.90 bits per heavy atom. The van der Waals surface area contributed by atoms with Crippen LogP contribution in [0.5, 0.6) is 11.6 Å². The van der Waals surface area contributed by atoms with Crippen molar-refractivity contribution in [2.75, 3.05) is 13.6 Å². The fourth-order valence-corrected chi connectivity index (χ4v) is 9.05. The molecule has 4 aliphatic rings. The molecule has 59 heavy (non-hydrogen) atoms. The number of carbonyl (C=O) groups is 4. The number of sulfonamides is 1. The lowest BCUT2D eigenvalue weighted by atomic mass is 9.85. The van der Waals surface area contributed by atoms with Crippen LogP contribution < -0.4 is 24.8 Å². The molecule has 0 bridgehead atoms. The van der Waals surface area contributed by atoms with Gasteiger partial charge in [0.05, 0.1) is 22.4 Å². The highest BCUT2D eigenvalue weighted by Gasteiger charge is 2.63. The highest BCUT2D eigenvalue weighted by atomic mass is 32.2. The second-order valence-electron chi connectivity index (χ2n) is 16.9. The monoisotopic (exact) mass is 856 g/mol. The van der Waals surface area contributed by atoms with E-state index in [2.05, 4.69) is 20.3 Å². The number of aromatic nitrogens is 1. The molecule has 2 aliphatic carbocycles. The molecule has 1 saturated heterocycles. The minimum Gasteiger partial charge on any atom is -0.494 e. The SMILES string of the molecule is [2H]C([2H])([2H])Oc1cc2ccnc(O[C@@H]3C[C@H]4C(=O)N[C@]5(C(=O)NS(=O)(=O)C6(C)CC6)C[C@H]5C=CCC[C@@H](C)C[C@@H](CC)[C@H](NC(=O)OC(C)(C)C(F)(F)F)C(=O)N4C3)c2cc1F. The molecule has 14 nitrogen and oxygen atoms in total. The minimum absolute atomic E-state index is 0.0331. The third kappa shape index (κ3) is 8.94. The van der Waals surface area contributed by atoms with Crippen LogP contribution in [0.3, 0.4) is 0 Å². The van der Waals surface area contributed by atoms with E-state index in [0.29, 0.717) is 46.0 Å². The summed E-state index contributed by atoms with van der Waals surface area (Å²) >= 11 is 0. The van der Waals surface area contributed by atoms with Crippen molar-refractivity contribution in [3.63, 3.8) is 0 Å². The van der Waals surface area contributed by atoms with Crippen LogP contribution >= 0.6 is 0 Å². The lowest BCUT2D eigenvalue weighted by Gasteiger charge is -2.35. The molecule has 6 rings (SSSR count). The molecular formula is C40H51F4N5O9S. The number of nitrogens with zero attached hydrogens (tertiary/aromatic N) is 2. The van der Waals surface area contributed by atoms with Crippen LogP contribution in [0.4, 0.5) is 22.4 Å². The van der Waals surface area contributed by atoms with Crippen molar-refractivity contribution in [1.82, 2.24) is 25.2 Å². The number of halogens is 4. The van der Waals surface area contributed by atoms with Crippen molar-refractivity contribution >= 4 is 44.6 Å².